The molecule has 1 aromatic carbocycles. The minimum atomic E-state index is -0.552. The number of carbonyl (C=O) groups is 1. The number of amides is 1. The van der Waals surface area contributed by atoms with Gasteiger partial charge in [0.25, 0.3) is 5.91 Å². The van der Waals surface area contributed by atoms with E-state index in [1.807, 2.05) is 32.9 Å². The summed E-state index contributed by atoms with van der Waals surface area (Å²) in [5.41, 5.74) is 1.69. The summed E-state index contributed by atoms with van der Waals surface area (Å²) in [7, 11) is 0. The fourth-order valence-electron chi connectivity index (χ4n) is 1.96. The summed E-state index contributed by atoms with van der Waals surface area (Å²) in [6, 6.07) is 5.53. The Bertz CT molecular complexity index is 488. The molecule has 4 nitrogen and oxygen atoms in total. The number of aryl methyl sites for hydroxylation is 1. The van der Waals surface area contributed by atoms with Crippen molar-refractivity contribution in [2.24, 2.45) is 0 Å². The van der Waals surface area contributed by atoms with Gasteiger partial charge in [0.2, 0.25) is 0 Å². The Morgan fingerprint density at radius 2 is 2.26 bits per heavy atom. The maximum atomic E-state index is 12.0. The first-order valence-electron chi connectivity index (χ1n) is 6.23. The Kier molecular flexibility index (Phi) is 4.28. The molecule has 1 aliphatic rings. The van der Waals surface area contributed by atoms with Gasteiger partial charge in [-0.1, -0.05) is 15.9 Å². The van der Waals surface area contributed by atoms with Crippen LogP contribution in [0.4, 0.5) is 0 Å². The first kappa shape index (κ1) is 14.5. The smallest absolute Gasteiger partial charge is 0.251 e. The lowest BCUT2D eigenvalue weighted by Crippen LogP contribution is -2.34. The van der Waals surface area contributed by atoms with Gasteiger partial charge in [-0.3, -0.25) is 4.79 Å². The Hall–Kier alpha value is -0.910. The number of nitrogens with one attached hydrogen (secondary N) is 1. The van der Waals surface area contributed by atoms with E-state index in [4.69, 9.17) is 9.47 Å². The van der Waals surface area contributed by atoms with Gasteiger partial charge in [0.1, 0.15) is 6.10 Å². The zero-order valence-electron chi connectivity index (χ0n) is 11.3. The lowest BCUT2D eigenvalue weighted by atomic mass is 10.1. The van der Waals surface area contributed by atoms with Crippen molar-refractivity contribution in [3.05, 3.63) is 33.8 Å². The molecule has 1 aromatic rings. The maximum absolute atomic E-state index is 12.0. The third kappa shape index (κ3) is 3.78. The topological polar surface area (TPSA) is 47.6 Å². The summed E-state index contributed by atoms with van der Waals surface area (Å²) in [6.45, 7) is 6.65. The summed E-state index contributed by atoms with van der Waals surface area (Å²) in [6.07, 6.45) is -0.0875. The number of hydrogen-bond donors (Lipinski definition) is 1. The molecule has 0 aliphatic carbocycles. The van der Waals surface area contributed by atoms with E-state index in [0.717, 1.165) is 10.0 Å². The summed E-state index contributed by atoms with van der Waals surface area (Å²) < 4.78 is 12.1. The molecule has 0 aromatic heterocycles. The second-order valence-electron chi connectivity index (χ2n) is 5.12. The van der Waals surface area contributed by atoms with Crippen LogP contribution in [-0.2, 0) is 9.47 Å². The van der Waals surface area contributed by atoms with Crippen LogP contribution >= 0.6 is 15.9 Å². The Balaban J connectivity index is 1.89. The lowest BCUT2D eigenvalue weighted by Gasteiger charge is -2.17. The molecule has 1 saturated heterocycles. The average molecular weight is 328 g/mol. The van der Waals surface area contributed by atoms with Gasteiger partial charge in [-0.2, -0.15) is 0 Å². The van der Waals surface area contributed by atoms with Gasteiger partial charge >= 0.3 is 0 Å². The SMILES string of the molecule is Cc1cc(C(=O)NCC2COC(C)(C)O2)ccc1Br. The standard InChI is InChI=1S/C14H18BrNO3/c1-9-6-10(4-5-12(9)15)13(17)16-7-11-8-18-14(2,3)19-11/h4-6,11H,7-8H2,1-3H3,(H,16,17). The van der Waals surface area contributed by atoms with E-state index in [9.17, 15) is 4.79 Å². The molecule has 1 heterocycles. The predicted molar refractivity (Wildman–Crippen MR) is 76.1 cm³/mol. The highest BCUT2D eigenvalue weighted by atomic mass is 79.9. The summed E-state index contributed by atoms with van der Waals surface area (Å²) >= 11 is 3.42. The van der Waals surface area contributed by atoms with Crippen LogP contribution in [0.5, 0.6) is 0 Å². The van der Waals surface area contributed by atoms with Crippen molar-refractivity contribution in [2.75, 3.05) is 13.2 Å². The van der Waals surface area contributed by atoms with E-state index in [0.29, 0.717) is 18.7 Å². The van der Waals surface area contributed by atoms with Crippen LogP contribution in [0.2, 0.25) is 0 Å². The molecule has 5 heteroatoms. The number of ether oxygens (including phenoxy) is 2. The highest BCUT2D eigenvalue weighted by molar-refractivity contribution is 9.10. The first-order chi connectivity index (χ1) is 8.87. The number of halogens is 1. The molecule has 1 N–H and O–H groups in total. The van der Waals surface area contributed by atoms with E-state index >= 15 is 0 Å². The fourth-order valence-corrected chi connectivity index (χ4v) is 2.20. The van der Waals surface area contributed by atoms with Crippen molar-refractivity contribution < 1.29 is 14.3 Å². The third-order valence-corrected chi connectivity index (χ3v) is 3.87. The van der Waals surface area contributed by atoms with E-state index in [1.54, 1.807) is 6.07 Å². The maximum Gasteiger partial charge on any atom is 0.251 e. The van der Waals surface area contributed by atoms with Gasteiger partial charge in [0.05, 0.1) is 6.61 Å². The molecule has 1 unspecified atom stereocenters. The molecule has 1 atom stereocenters. The van der Waals surface area contributed by atoms with E-state index in [2.05, 4.69) is 21.2 Å². The van der Waals surface area contributed by atoms with Crippen LogP contribution in [-0.4, -0.2) is 30.9 Å². The minimum Gasteiger partial charge on any atom is -0.349 e. The molecule has 1 aliphatic heterocycles. The summed E-state index contributed by atoms with van der Waals surface area (Å²) in [5.74, 6) is -0.646. The van der Waals surface area contributed by atoms with Crippen LogP contribution < -0.4 is 5.32 Å². The van der Waals surface area contributed by atoms with Crippen molar-refractivity contribution in [2.45, 2.75) is 32.7 Å². The molecule has 0 spiro atoms. The second-order valence-corrected chi connectivity index (χ2v) is 5.98. The molecule has 104 valence electrons. The van der Waals surface area contributed by atoms with Crippen molar-refractivity contribution in [1.29, 1.82) is 0 Å². The van der Waals surface area contributed by atoms with Crippen LogP contribution in [0.3, 0.4) is 0 Å². The highest BCUT2D eigenvalue weighted by Gasteiger charge is 2.32. The zero-order chi connectivity index (χ0) is 14.0. The molecule has 19 heavy (non-hydrogen) atoms. The molecular formula is C14H18BrNO3. The summed E-state index contributed by atoms with van der Waals surface area (Å²) in [5, 5.41) is 2.87. The van der Waals surface area contributed by atoms with Gasteiger partial charge in [0, 0.05) is 16.6 Å². The summed E-state index contributed by atoms with van der Waals surface area (Å²) in [4.78, 5) is 12.0. The van der Waals surface area contributed by atoms with E-state index in [-0.39, 0.29) is 12.0 Å². The molecular weight excluding hydrogens is 310 g/mol. The molecule has 1 amide bonds. The Morgan fingerprint density at radius 3 is 2.84 bits per heavy atom. The second kappa shape index (κ2) is 5.61. The highest BCUT2D eigenvalue weighted by Crippen LogP contribution is 2.22. The van der Waals surface area contributed by atoms with Crippen molar-refractivity contribution >= 4 is 21.8 Å². The number of rotatable bonds is 3. The van der Waals surface area contributed by atoms with Crippen LogP contribution in [0.25, 0.3) is 0 Å². The Labute approximate surface area is 121 Å². The number of hydrogen-bond acceptors (Lipinski definition) is 3. The van der Waals surface area contributed by atoms with Crippen LogP contribution in [0.1, 0.15) is 29.8 Å². The molecule has 0 radical (unpaired) electrons. The lowest BCUT2D eigenvalue weighted by molar-refractivity contribution is -0.137. The van der Waals surface area contributed by atoms with E-state index < -0.39 is 5.79 Å². The fraction of sp³-hybridized carbons (Fsp3) is 0.500. The van der Waals surface area contributed by atoms with Gasteiger partial charge in [0.15, 0.2) is 5.79 Å². The van der Waals surface area contributed by atoms with Gasteiger partial charge < -0.3 is 14.8 Å². The monoisotopic (exact) mass is 327 g/mol. The first-order valence-corrected chi connectivity index (χ1v) is 7.03. The zero-order valence-corrected chi connectivity index (χ0v) is 12.9. The third-order valence-electron chi connectivity index (χ3n) is 2.98. The molecule has 0 saturated carbocycles. The van der Waals surface area contributed by atoms with E-state index in [1.165, 1.54) is 0 Å². The van der Waals surface area contributed by atoms with Gasteiger partial charge in [-0.15, -0.1) is 0 Å². The normalized spacial score (nSPS) is 21.4. The molecule has 1 fully saturated rings. The number of carbonyl (C=O) groups excluding carboxylic acids is 1. The number of benzene rings is 1. The van der Waals surface area contributed by atoms with Crippen molar-refractivity contribution in [1.82, 2.24) is 5.32 Å². The van der Waals surface area contributed by atoms with Crippen molar-refractivity contribution in [3.8, 4) is 0 Å². The largest absolute Gasteiger partial charge is 0.349 e. The predicted octanol–water partition coefficient (Wildman–Crippen LogP) is 2.64. The van der Waals surface area contributed by atoms with Gasteiger partial charge in [-0.25, -0.2) is 0 Å². The Morgan fingerprint density at radius 1 is 1.53 bits per heavy atom. The quantitative estimate of drug-likeness (QED) is 0.928. The minimum absolute atomic E-state index is 0.0875. The molecule has 2 rings (SSSR count). The van der Waals surface area contributed by atoms with Crippen molar-refractivity contribution in [3.63, 3.8) is 0 Å². The van der Waals surface area contributed by atoms with Crippen LogP contribution in [0.15, 0.2) is 22.7 Å². The molecule has 0 bridgehead atoms. The van der Waals surface area contributed by atoms with Gasteiger partial charge in [-0.05, 0) is 44.5 Å². The van der Waals surface area contributed by atoms with Crippen LogP contribution in [0, 0.1) is 6.92 Å². The average Bonchev–Trinajstić information content (AvgIpc) is 2.69.